The smallest absolute Gasteiger partial charge is 0.253 e. The number of sulfone groups is 1. The van der Waals surface area contributed by atoms with Gasteiger partial charge in [0.2, 0.25) is 0 Å². The lowest BCUT2D eigenvalue weighted by molar-refractivity contribution is 0.0942. The minimum atomic E-state index is -2.99. The number of carbonyl (C=O) groups excluding carboxylic acids is 1. The summed E-state index contributed by atoms with van der Waals surface area (Å²) in [6, 6.07) is 7.31. The van der Waals surface area contributed by atoms with E-state index in [1.54, 1.807) is 0 Å². The Hall–Kier alpha value is -1.82. The number of para-hydroxylation sites is 1. The molecule has 0 bridgehead atoms. The summed E-state index contributed by atoms with van der Waals surface area (Å²) in [7, 11) is -2.99. The topological polar surface area (TPSA) is 79.0 Å². The van der Waals surface area contributed by atoms with E-state index >= 15 is 0 Å². The van der Waals surface area contributed by atoms with Crippen molar-refractivity contribution in [2.45, 2.75) is 19.4 Å². The Kier molecular flexibility index (Phi) is 3.05. The molecule has 1 amide bonds. The van der Waals surface area contributed by atoms with E-state index in [9.17, 15) is 13.2 Å². The van der Waals surface area contributed by atoms with Crippen LogP contribution in [0.2, 0.25) is 0 Å². The average molecular weight is 292 g/mol. The van der Waals surface area contributed by atoms with Crippen molar-refractivity contribution >= 4 is 26.6 Å². The predicted molar refractivity (Wildman–Crippen MR) is 77.6 cm³/mol. The molecule has 1 aliphatic heterocycles. The molecule has 1 saturated heterocycles. The minimum Gasteiger partial charge on any atom is -0.358 e. The second kappa shape index (κ2) is 4.63. The molecule has 1 fully saturated rings. The number of aryl methyl sites for hydroxylation is 1. The third-order valence-electron chi connectivity index (χ3n) is 3.69. The van der Waals surface area contributed by atoms with Crippen LogP contribution in [0.25, 0.3) is 10.9 Å². The third kappa shape index (κ3) is 2.31. The molecule has 1 aromatic carbocycles. The molecule has 106 valence electrons. The van der Waals surface area contributed by atoms with Gasteiger partial charge in [0.15, 0.2) is 9.84 Å². The first-order valence-electron chi connectivity index (χ1n) is 6.55. The van der Waals surface area contributed by atoms with E-state index < -0.39 is 9.84 Å². The van der Waals surface area contributed by atoms with E-state index in [-0.39, 0.29) is 23.5 Å². The van der Waals surface area contributed by atoms with Crippen LogP contribution in [0.3, 0.4) is 0 Å². The van der Waals surface area contributed by atoms with Crippen molar-refractivity contribution in [3.8, 4) is 0 Å². The van der Waals surface area contributed by atoms with Gasteiger partial charge in [-0.1, -0.05) is 18.2 Å². The van der Waals surface area contributed by atoms with E-state index in [4.69, 9.17) is 0 Å². The third-order valence-corrected chi connectivity index (χ3v) is 5.46. The molecule has 0 aliphatic carbocycles. The summed E-state index contributed by atoms with van der Waals surface area (Å²) in [5, 5.41) is 3.70. The first-order chi connectivity index (χ1) is 9.46. The summed E-state index contributed by atoms with van der Waals surface area (Å²) >= 11 is 0. The summed E-state index contributed by atoms with van der Waals surface area (Å²) in [6.45, 7) is 1.85. The number of nitrogens with one attached hydrogen (secondary N) is 2. The lowest BCUT2D eigenvalue weighted by Crippen LogP contribution is -2.35. The highest BCUT2D eigenvalue weighted by Gasteiger charge is 2.30. The van der Waals surface area contributed by atoms with Gasteiger partial charge in [0.05, 0.1) is 17.1 Å². The van der Waals surface area contributed by atoms with Gasteiger partial charge < -0.3 is 10.3 Å². The maximum Gasteiger partial charge on any atom is 0.253 e. The summed E-state index contributed by atoms with van der Waals surface area (Å²) in [5.74, 6) is -0.00707. The first-order valence-corrected chi connectivity index (χ1v) is 8.37. The fourth-order valence-electron chi connectivity index (χ4n) is 2.74. The Labute approximate surface area is 117 Å². The van der Waals surface area contributed by atoms with Gasteiger partial charge in [0, 0.05) is 22.6 Å². The van der Waals surface area contributed by atoms with Crippen LogP contribution in [0, 0.1) is 6.92 Å². The van der Waals surface area contributed by atoms with Crippen molar-refractivity contribution in [2.75, 3.05) is 11.5 Å². The molecule has 5 nitrogen and oxygen atoms in total. The first kappa shape index (κ1) is 13.2. The molecule has 2 N–H and O–H groups in total. The fourth-order valence-corrected chi connectivity index (χ4v) is 4.41. The van der Waals surface area contributed by atoms with Crippen molar-refractivity contribution in [3.63, 3.8) is 0 Å². The summed E-state index contributed by atoms with van der Waals surface area (Å²) in [5.41, 5.74) is 2.31. The van der Waals surface area contributed by atoms with Crippen LogP contribution in [0.5, 0.6) is 0 Å². The maximum atomic E-state index is 12.4. The number of aromatic amines is 1. The number of fused-ring (bicyclic) bond motifs is 1. The van der Waals surface area contributed by atoms with Gasteiger partial charge in [-0.15, -0.1) is 0 Å². The van der Waals surface area contributed by atoms with E-state index in [0.29, 0.717) is 12.0 Å². The summed E-state index contributed by atoms with van der Waals surface area (Å²) < 4.78 is 22.9. The highest BCUT2D eigenvalue weighted by Crippen LogP contribution is 2.22. The monoisotopic (exact) mass is 292 g/mol. The highest BCUT2D eigenvalue weighted by molar-refractivity contribution is 7.91. The number of rotatable bonds is 2. The van der Waals surface area contributed by atoms with E-state index in [1.165, 1.54) is 0 Å². The van der Waals surface area contributed by atoms with Crippen LogP contribution in [-0.4, -0.2) is 36.9 Å². The Morgan fingerprint density at radius 1 is 1.35 bits per heavy atom. The zero-order valence-electron chi connectivity index (χ0n) is 11.1. The van der Waals surface area contributed by atoms with Gasteiger partial charge in [-0.2, -0.15) is 0 Å². The zero-order valence-corrected chi connectivity index (χ0v) is 12.0. The second-order valence-electron chi connectivity index (χ2n) is 5.24. The molecule has 1 atom stereocenters. The molecule has 20 heavy (non-hydrogen) atoms. The number of H-pyrrole nitrogens is 1. The molecule has 0 unspecified atom stereocenters. The van der Waals surface area contributed by atoms with Crippen LogP contribution < -0.4 is 5.32 Å². The highest BCUT2D eigenvalue weighted by atomic mass is 32.2. The number of benzene rings is 1. The fraction of sp³-hybridized carbons (Fsp3) is 0.357. The molecule has 0 saturated carbocycles. The van der Waals surface area contributed by atoms with Gasteiger partial charge in [0.1, 0.15) is 0 Å². The lowest BCUT2D eigenvalue weighted by Gasteiger charge is -2.10. The summed E-state index contributed by atoms with van der Waals surface area (Å²) in [6.07, 6.45) is 0.496. The van der Waals surface area contributed by atoms with Crippen LogP contribution in [0.15, 0.2) is 24.3 Å². The van der Waals surface area contributed by atoms with Gasteiger partial charge in [0.25, 0.3) is 5.91 Å². The van der Waals surface area contributed by atoms with E-state index in [0.717, 1.165) is 16.6 Å². The molecule has 3 rings (SSSR count). The molecular weight excluding hydrogens is 276 g/mol. The van der Waals surface area contributed by atoms with Gasteiger partial charge in [-0.3, -0.25) is 4.79 Å². The number of hydrogen-bond donors (Lipinski definition) is 2. The predicted octanol–water partition coefficient (Wildman–Crippen LogP) is 1.39. The molecule has 2 heterocycles. The lowest BCUT2D eigenvalue weighted by atomic mass is 10.1. The number of carbonyl (C=O) groups is 1. The minimum absolute atomic E-state index is 0.0418. The van der Waals surface area contributed by atoms with Gasteiger partial charge in [-0.25, -0.2) is 8.42 Å². The number of hydrogen-bond acceptors (Lipinski definition) is 3. The van der Waals surface area contributed by atoms with E-state index in [1.807, 2.05) is 31.2 Å². The van der Waals surface area contributed by atoms with Crippen LogP contribution in [0.4, 0.5) is 0 Å². The Morgan fingerprint density at radius 2 is 2.10 bits per heavy atom. The maximum absolute atomic E-state index is 12.4. The van der Waals surface area contributed by atoms with Crippen molar-refractivity contribution in [1.82, 2.24) is 10.3 Å². The zero-order chi connectivity index (χ0) is 14.3. The van der Waals surface area contributed by atoms with Crippen molar-refractivity contribution in [2.24, 2.45) is 0 Å². The molecule has 6 heteroatoms. The van der Waals surface area contributed by atoms with Crippen molar-refractivity contribution < 1.29 is 13.2 Å². The molecule has 2 aromatic rings. The Balaban J connectivity index is 1.88. The van der Waals surface area contributed by atoms with E-state index in [2.05, 4.69) is 10.3 Å². The normalized spacial score (nSPS) is 21.1. The quantitative estimate of drug-likeness (QED) is 0.878. The summed E-state index contributed by atoms with van der Waals surface area (Å²) in [4.78, 5) is 15.6. The largest absolute Gasteiger partial charge is 0.358 e. The SMILES string of the molecule is Cc1[nH]c2ccccc2c1C(=O)N[C@H]1CCS(=O)(=O)C1. The molecule has 0 radical (unpaired) electrons. The van der Waals surface area contributed by atoms with Gasteiger partial charge in [-0.05, 0) is 19.4 Å². The number of amides is 1. The second-order valence-corrected chi connectivity index (χ2v) is 7.47. The molecular formula is C14H16N2O3S. The standard InChI is InChI=1S/C14H16N2O3S/c1-9-13(11-4-2-3-5-12(11)15-9)14(17)16-10-6-7-20(18,19)8-10/h2-5,10,15H,6-8H2,1H3,(H,16,17)/t10-/m0/s1. The van der Waals surface area contributed by atoms with Crippen LogP contribution >= 0.6 is 0 Å². The van der Waals surface area contributed by atoms with Gasteiger partial charge >= 0.3 is 0 Å². The van der Waals surface area contributed by atoms with Crippen molar-refractivity contribution in [1.29, 1.82) is 0 Å². The average Bonchev–Trinajstić information content (AvgIpc) is 2.88. The van der Waals surface area contributed by atoms with Crippen molar-refractivity contribution in [3.05, 3.63) is 35.5 Å². The Morgan fingerprint density at radius 3 is 2.80 bits per heavy atom. The molecule has 1 aliphatic rings. The molecule has 0 spiro atoms. The van der Waals surface area contributed by atoms with Crippen LogP contribution in [0.1, 0.15) is 22.5 Å². The van der Waals surface area contributed by atoms with Crippen LogP contribution in [-0.2, 0) is 9.84 Å². The molecule has 1 aromatic heterocycles. The number of aromatic nitrogens is 1. The Bertz CT molecular complexity index is 777.